The topological polar surface area (TPSA) is 103 Å². The van der Waals surface area contributed by atoms with Gasteiger partial charge in [-0.15, -0.1) is 0 Å². The molecule has 0 aliphatic carbocycles. The van der Waals surface area contributed by atoms with E-state index >= 15 is 0 Å². The van der Waals surface area contributed by atoms with E-state index < -0.39 is 29.7 Å². The number of rotatable bonds is 3. The molecule has 126 valence electrons. The molecule has 1 aliphatic heterocycles. The fourth-order valence-electron chi connectivity index (χ4n) is 3.12. The number of hydrogen-bond donors (Lipinski definition) is 2. The molecular formula is C18H16N3O4+. The van der Waals surface area contributed by atoms with Gasteiger partial charge >= 0.3 is 0 Å². The number of piperidine rings is 1. The number of nitrogens with one attached hydrogen (secondary N) is 1. The van der Waals surface area contributed by atoms with Gasteiger partial charge in [0.15, 0.2) is 23.9 Å². The molecule has 0 bridgehead atoms. The first-order valence-electron chi connectivity index (χ1n) is 7.64. The number of pyridine rings is 1. The molecule has 3 rings (SSSR count). The maximum absolute atomic E-state index is 12.5. The summed E-state index contributed by atoms with van der Waals surface area (Å²) in [6.07, 6.45) is 3.41. The van der Waals surface area contributed by atoms with Crippen molar-refractivity contribution in [2.24, 2.45) is 5.92 Å². The number of hydrogen-bond acceptors (Lipinski definition) is 5. The summed E-state index contributed by atoms with van der Waals surface area (Å²) in [6, 6.07) is 11.1. The summed E-state index contributed by atoms with van der Waals surface area (Å²) >= 11 is 0. The van der Waals surface area contributed by atoms with Gasteiger partial charge in [0.05, 0.1) is 19.1 Å². The third-order valence-electron chi connectivity index (χ3n) is 4.28. The van der Waals surface area contributed by atoms with Crippen molar-refractivity contribution in [3.8, 4) is 17.6 Å². The minimum absolute atomic E-state index is 0.0599. The lowest BCUT2D eigenvalue weighted by atomic mass is 9.77. The summed E-state index contributed by atoms with van der Waals surface area (Å²) in [5, 5.41) is 21.6. The molecule has 2 aromatic rings. The molecule has 2 heterocycles. The first-order chi connectivity index (χ1) is 12.1. The number of imide groups is 1. The van der Waals surface area contributed by atoms with Crippen LogP contribution in [-0.4, -0.2) is 24.0 Å². The molecule has 0 spiro atoms. The third-order valence-corrected chi connectivity index (χ3v) is 4.28. The van der Waals surface area contributed by atoms with Crippen molar-refractivity contribution in [2.45, 2.75) is 12.0 Å². The largest absolute Gasteiger partial charge is 0.504 e. The molecule has 0 unspecified atom stereocenters. The Kier molecular flexibility index (Phi) is 4.35. The molecule has 1 aromatic carbocycles. The van der Waals surface area contributed by atoms with E-state index in [2.05, 4.69) is 5.32 Å². The van der Waals surface area contributed by atoms with E-state index in [1.165, 1.54) is 13.2 Å². The van der Waals surface area contributed by atoms with E-state index in [1.807, 2.05) is 12.1 Å². The smallest absolute Gasteiger partial charge is 0.296 e. The zero-order chi connectivity index (χ0) is 18.0. The monoisotopic (exact) mass is 338 g/mol. The van der Waals surface area contributed by atoms with Crippen LogP contribution in [0.5, 0.6) is 11.5 Å². The Morgan fingerprint density at radius 3 is 2.56 bits per heavy atom. The van der Waals surface area contributed by atoms with Gasteiger partial charge in [-0.25, -0.2) is 0 Å². The van der Waals surface area contributed by atoms with E-state index in [9.17, 15) is 20.0 Å². The van der Waals surface area contributed by atoms with Gasteiger partial charge in [-0.05, 0) is 17.7 Å². The van der Waals surface area contributed by atoms with Crippen molar-refractivity contribution in [3.05, 3.63) is 54.4 Å². The van der Waals surface area contributed by atoms with Crippen LogP contribution in [0.15, 0.2) is 48.8 Å². The molecule has 1 aromatic heterocycles. The molecule has 2 N–H and O–H groups in total. The molecule has 1 saturated heterocycles. The summed E-state index contributed by atoms with van der Waals surface area (Å²) < 4.78 is 6.78. The van der Waals surface area contributed by atoms with E-state index in [1.54, 1.807) is 41.2 Å². The average Bonchev–Trinajstić information content (AvgIpc) is 2.62. The Hall–Kier alpha value is -3.40. The second-order valence-corrected chi connectivity index (χ2v) is 5.68. The standard InChI is InChI=1S/C18H15N3O4/c1-25-14-9-11(5-6-13(14)22)15-12(10-19)17(23)20-18(24)16(15)21-7-3-2-4-8-21/h2-9,12,15-16H,1H3,(H-,20,22,23,24)/p+1/t12-,15+,16+/m0/s1. The predicted molar refractivity (Wildman–Crippen MR) is 85.3 cm³/mol. The number of amides is 2. The Balaban J connectivity index is 2.16. The second-order valence-electron chi connectivity index (χ2n) is 5.68. The van der Waals surface area contributed by atoms with Gasteiger partial charge in [-0.1, -0.05) is 12.1 Å². The van der Waals surface area contributed by atoms with Crippen molar-refractivity contribution < 1.29 is 24.0 Å². The summed E-state index contributed by atoms with van der Waals surface area (Å²) in [5.74, 6) is -2.72. The zero-order valence-corrected chi connectivity index (χ0v) is 13.4. The van der Waals surface area contributed by atoms with Gasteiger partial charge in [0.1, 0.15) is 5.92 Å². The van der Waals surface area contributed by atoms with Crippen molar-refractivity contribution in [3.63, 3.8) is 0 Å². The van der Waals surface area contributed by atoms with Crippen LogP contribution in [0.1, 0.15) is 17.5 Å². The Morgan fingerprint density at radius 2 is 1.92 bits per heavy atom. The van der Waals surface area contributed by atoms with Crippen molar-refractivity contribution >= 4 is 11.8 Å². The third kappa shape index (κ3) is 2.90. The highest BCUT2D eigenvalue weighted by Crippen LogP contribution is 2.39. The van der Waals surface area contributed by atoms with E-state index in [4.69, 9.17) is 4.74 Å². The summed E-state index contributed by atoms with van der Waals surface area (Å²) in [7, 11) is 1.41. The van der Waals surface area contributed by atoms with Crippen LogP contribution in [0.2, 0.25) is 0 Å². The number of carbonyl (C=O) groups excluding carboxylic acids is 2. The number of aromatic nitrogens is 1. The molecule has 1 aliphatic rings. The molecule has 0 radical (unpaired) electrons. The maximum Gasteiger partial charge on any atom is 0.296 e. The number of phenols is 1. The minimum atomic E-state index is -1.05. The molecule has 0 saturated carbocycles. The predicted octanol–water partition coefficient (Wildman–Crippen LogP) is 0.809. The van der Waals surface area contributed by atoms with Crippen LogP contribution in [-0.2, 0) is 9.59 Å². The average molecular weight is 338 g/mol. The lowest BCUT2D eigenvalue weighted by Crippen LogP contribution is -2.59. The summed E-state index contributed by atoms with van der Waals surface area (Å²) in [6.45, 7) is 0. The highest BCUT2D eigenvalue weighted by atomic mass is 16.5. The first kappa shape index (κ1) is 16.5. The van der Waals surface area contributed by atoms with E-state index in [0.29, 0.717) is 5.56 Å². The number of methoxy groups -OCH3 is 1. The number of aromatic hydroxyl groups is 1. The zero-order valence-electron chi connectivity index (χ0n) is 13.4. The van der Waals surface area contributed by atoms with Crippen LogP contribution in [0.25, 0.3) is 0 Å². The van der Waals surface area contributed by atoms with Gasteiger partial charge in [0.25, 0.3) is 5.91 Å². The van der Waals surface area contributed by atoms with Crippen molar-refractivity contribution in [1.29, 1.82) is 5.26 Å². The second kappa shape index (κ2) is 6.61. The Morgan fingerprint density at radius 1 is 1.20 bits per heavy atom. The molecule has 7 heteroatoms. The van der Waals surface area contributed by atoms with Crippen molar-refractivity contribution in [1.82, 2.24) is 5.32 Å². The molecular weight excluding hydrogens is 322 g/mol. The van der Waals surface area contributed by atoms with E-state index in [0.717, 1.165) is 0 Å². The number of phenolic OH excluding ortho intramolecular Hbond substituents is 1. The Labute approximate surface area is 144 Å². The van der Waals surface area contributed by atoms with E-state index in [-0.39, 0.29) is 11.5 Å². The van der Waals surface area contributed by atoms with Crippen LogP contribution in [0.3, 0.4) is 0 Å². The van der Waals surface area contributed by atoms with Crippen molar-refractivity contribution in [2.75, 3.05) is 7.11 Å². The molecule has 3 atom stereocenters. The fourth-order valence-corrected chi connectivity index (χ4v) is 3.12. The maximum atomic E-state index is 12.5. The fraction of sp³-hybridized carbons (Fsp3) is 0.222. The Bertz CT molecular complexity index is 860. The molecule has 7 nitrogen and oxygen atoms in total. The van der Waals surface area contributed by atoms with Crippen LogP contribution >= 0.6 is 0 Å². The molecule has 1 fully saturated rings. The van der Waals surface area contributed by atoms with Crippen LogP contribution < -0.4 is 14.6 Å². The highest BCUT2D eigenvalue weighted by Gasteiger charge is 2.50. The summed E-state index contributed by atoms with van der Waals surface area (Å²) in [5.41, 5.74) is 0.561. The minimum Gasteiger partial charge on any atom is -0.504 e. The van der Waals surface area contributed by atoms with Gasteiger partial charge in [0, 0.05) is 12.1 Å². The van der Waals surface area contributed by atoms with Gasteiger partial charge in [0.2, 0.25) is 11.9 Å². The number of benzene rings is 1. The van der Waals surface area contributed by atoms with Gasteiger partial charge in [-0.2, -0.15) is 9.83 Å². The summed E-state index contributed by atoms with van der Waals surface area (Å²) in [4.78, 5) is 24.7. The lowest BCUT2D eigenvalue weighted by Gasteiger charge is -2.30. The first-order valence-corrected chi connectivity index (χ1v) is 7.64. The quantitative estimate of drug-likeness (QED) is 0.637. The lowest BCUT2D eigenvalue weighted by molar-refractivity contribution is -0.713. The number of ether oxygens (including phenoxy) is 1. The highest BCUT2D eigenvalue weighted by molar-refractivity contribution is 6.02. The van der Waals surface area contributed by atoms with Crippen LogP contribution in [0, 0.1) is 17.2 Å². The number of carbonyl (C=O) groups is 2. The number of nitrogens with zero attached hydrogens (tertiary/aromatic N) is 2. The van der Waals surface area contributed by atoms with Gasteiger partial charge < -0.3 is 9.84 Å². The van der Waals surface area contributed by atoms with Crippen LogP contribution in [0.4, 0.5) is 0 Å². The molecule has 25 heavy (non-hydrogen) atoms. The normalized spacial score (nSPS) is 22.8. The number of nitriles is 1. The molecule has 2 amide bonds. The van der Waals surface area contributed by atoms with Gasteiger partial charge in [-0.3, -0.25) is 14.9 Å². The SMILES string of the molecule is COc1cc([C@@H]2[C@H](C#N)C(=O)NC(=O)[C@@H]2[n+]2ccccc2)ccc1O.